The average molecular weight is 308 g/mol. The molecule has 0 aliphatic carbocycles. The molecule has 2 aromatic carbocycles. The number of amides is 2. The van der Waals surface area contributed by atoms with E-state index in [1.807, 2.05) is 31.2 Å². The monoisotopic (exact) mass is 308 g/mol. The molecule has 2 rings (SSSR count). The predicted octanol–water partition coefficient (Wildman–Crippen LogP) is 2.68. The largest absolute Gasteiger partial charge is 0.355 e. The van der Waals surface area contributed by atoms with E-state index in [4.69, 9.17) is 0 Å². The van der Waals surface area contributed by atoms with Crippen LogP contribution in [0.25, 0.3) is 6.08 Å². The maximum atomic E-state index is 11.8. The average Bonchev–Trinajstić information content (AvgIpc) is 2.58. The first-order chi connectivity index (χ1) is 11.1. The fraction of sp³-hybridized carbons (Fsp3) is 0.158. The summed E-state index contributed by atoms with van der Waals surface area (Å²) in [5.41, 5.74) is 3.70. The highest BCUT2D eigenvalue weighted by atomic mass is 16.2. The van der Waals surface area contributed by atoms with Gasteiger partial charge in [-0.05, 0) is 36.3 Å². The van der Waals surface area contributed by atoms with Crippen molar-refractivity contribution < 1.29 is 9.59 Å². The van der Waals surface area contributed by atoms with Crippen molar-refractivity contribution in [2.45, 2.75) is 13.5 Å². The minimum absolute atomic E-state index is 0.128. The van der Waals surface area contributed by atoms with Crippen LogP contribution in [0.4, 0.5) is 0 Å². The zero-order chi connectivity index (χ0) is 16.7. The molecule has 4 nitrogen and oxygen atoms in total. The maximum absolute atomic E-state index is 11.8. The quantitative estimate of drug-likeness (QED) is 0.834. The predicted molar refractivity (Wildman–Crippen MR) is 91.9 cm³/mol. The Balaban J connectivity index is 1.89. The summed E-state index contributed by atoms with van der Waals surface area (Å²) in [6.45, 7) is 2.52. The van der Waals surface area contributed by atoms with Gasteiger partial charge in [-0.1, -0.05) is 42.0 Å². The molecule has 23 heavy (non-hydrogen) atoms. The fourth-order valence-corrected chi connectivity index (χ4v) is 2.13. The van der Waals surface area contributed by atoms with Crippen LogP contribution in [-0.2, 0) is 11.3 Å². The van der Waals surface area contributed by atoms with Crippen molar-refractivity contribution in [3.63, 3.8) is 0 Å². The smallest absolute Gasteiger partial charge is 0.251 e. The molecule has 118 valence electrons. The number of carbonyl (C=O) groups is 2. The zero-order valence-electron chi connectivity index (χ0n) is 13.3. The number of hydrogen-bond donors (Lipinski definition) is 2. The molecule has 0 aliphatic rings. The fourth-order valence-electron chi connectivity index (χ4n) is 2.13. The van der Waals surface area contributed by atoms with Crippen LogP contribution >= 0.6 is 0 Å². The van der Waals surface area contributed by atoms with Crippen molar-refractivity contribution in [1.29, 1.82) is 0 Å². The topological polar surface area (TPSA) is 58.2 Å². The number of rotatable bonds is 5. The van der Waals surface area contributed by atoms with Gasteiger partial charge in [0.15, 0.2) is 0 Å². The van der Waals surface area contributed by atoms with Crippen LogP contribution in [0.1, 0.15) is 27.0 Å². The molecule has 2 amide bonds. The normalized spacial score (nSPS) is 10.5. The van der Waals surface area contributed by atoms with Crippen molar-refractivity contribution in [3.05, 3.63) is 76.9 Å². The highest BCUT2D eigenvalue weighted by Crippen LogP contribution is 2.06. The van der Waals surface area contributed by atoms with E-state index in [1.165, 1.54) is 11.6 Å². The van der Waals surface area contributed by atoms with Gasteiger partial charge in [-0.15, -0.1) is 0 Å². The summed E-state index contributed by atoms with van der Waals surface area (Å²) in [5, 5.41) is 5.41. The first-order valence-corrected chi connectivity index (χ1v) is 7.42. The molecule has 0 unspecified atom stereocenters. The molecule has 0 bridgehead atoms. The van der Waals surface area contributed by atoms with Crippen molar-refractivity contribution in [2.24, 2.45) is 0 Å². The number of aryl methyl sites for hydroxylation is 1. The third-order valence-corrected chi connectivity index (χ3v) is 3.38. The summed E-state index contributed by atoms with van der Waals surface area (Å²) in [7, 11) is 1.59. The summed E-state index contributed by atoms with van der Waals surface area (Å²) >= 11 is 0. The molecule has 0 atom stereocenters. The Kier molecular flexibility index (Phi) is 5.69. The second-order valence-corrected chi connectivity index (χ2v) is 5.24. The number of hydrogen-bond acceptors (Lipinski definition) is 2. The van der Waals surface area contributed by atoms with Crippen molar-refractivity contribution in [1.82, 2.24) is 10.6 Å². The molecule has 0 saturated heterocycles. The Hall–Kier alpha value is -2.88. The first kappa shape index (κ1) is 16.5. The summed E-state index contributed by atoms with van der Waals surface area (Å²) in [5.74, 6) is -0.279. The summed E-state index contributed by atoms with van der Waals surface area (Å²) in [6, 6.07) is 15.1. The van der Waals surface area contributed by atoms with Crippen LogP contribution in [0.2, 0.25) is 0 Å². The van der Waals surface area contributed by atoms with Gasteiger partial charge in [0.1, 0.15) is 0 Å². The highest BCUT2D eigenvalue weighted by molar-refractivity contribution is 5.94. The van der Waals surface area contributed by atoms with Crippen molar-refractivity contribution in [3.8, 4) is 0 Å². The molecule has 2 N–H and O–H groups in total. The molecule has 0 aromatic heterocycles. The van der Waals surface area contributed by atoms with E-state index in [0.29, 0.717) is 12.1 Å². The van der Waals surface area contributed by atoms with Crippen LogP contribution < -0.4 is 10.6 Å². The van der Waals surface area contributed by atoms with E-state index in [0.717, 1.165) is 11.1 Å². The molecular weight excluding hydrogens is 288 g/mol. The number of benzene rings is 2. The van der Waals surface area contributed by atoms with Crippen LogP contribution in [0.3, 0.4) is 0 Å². The summed E-state index contributed by atoms with van der Waals surface area (Å²) in [4.78, 5) is 23.3. The molecule has 0 radical (unpaired) electrons. The Morgan fingerprint density at radius 3 is 2.48 bits per heavy atom. The van der Waals surface area contributed by atoms with E-state index in [2.05, 4.69) is 10.6 Å². The minimum Gasteiger partial charge on any atom is -0.355 e. The third kappa shape index (κ3) is 5.11. The molecule has 0 spiro atoms. The molecule has 0 aliphatic heterocycles. The van der Waals surface area contributed by atoms with Gasteiger partial charge >= 0.3 is 0 Å². The zero-order valence-corrected chi connectivity index (χ0v) is 13.3. The molecular formula is C19H20N2O2. The molecule has 0 heterocycles. The number of carbonyl (C=O) groups excluding carboxylic acids is 2. The van der Waals surface area contributed by atoms with Gasteiger partial charge in [0, 0.05) is 25.2 Å². The van der Waals surface area contributed by atoms with Crippen LogP contribution in [0.5, 0.6) is 0 Å². The molecule has 4 heteroatoms. The van der Waals surface area contributed by atoms with Crippen molar-refractivity contribution >= 4 is 17.9 Å². The second kappa shape index (κ2) is 7.94. The lowest BCUT2D eigenvalue weighted by Gasteiger charge is -2.03. The maximum Gasteiger partial charge on any atom is 0.251 e. The third-order valence-electron chi connectivity index (χ3n) is 3.38. The van der Waals surface area contributed by atoms with Gasteiger partial charge in [0.2, 0.25) is 5.91 Å². The standard InChI is InChI=1S/C19H20N2O2/c1-14-4-3-5-16(12-14)13-21-18(22)11-8-15-6-9-17(10-7-15)19(23)20-2/h3-12H,13H2,1-2H3,(H,20,23)(H,21,22)/b11-8+. The van der Waals surface area contributed by atoms with Gasteiger partial charge < -0.3 is 10.6 Å². The van der Waals surface area contributed by atoms with Gasteiger partial charge in [-0.2, -0.15) is 0 Å². The van der Waals surface area contributed by atoms with E-state index in [1.54, 1.807) is 37.4 Å². The van der Waals surface area contributed by atoms with E-state index < -0.39 is 0 Å². The SMILES string of the molecule is CNC(=O)c1ccc(/C=C/C(=O)NCc2cccc(C)c2)cc1. The first-order valence-electron chi connectivity index (χ1n) is 7.42. The van der Waals surface area contributed by atoms with E-state index in [9.17, 15) is 9.59 Å². The van der Waals surface area contributed by atoms with E-state index >= 15 is 0 Å². The van der Waals surface area contributed by atoms with Gasteiger partial charge in [0.05, 0.1) is 0 Å². The lowest BCUT2D eigenvalue weighted by molar-refractivity contribution is -0.116. The summed E-state index contributed by atoms with van der Waals surface area (Å²) < 4.78 is 0. The van der Waals surface area contributed by atoms with Crippen LogP contribution in [0, 0.1) is 6.92 Å². The minimum atomic E-state index is -0.151. The Bertz CT molecular complexity index is 718. The lowest BCUT2D eigenvalue weighted by atomic mass is 10.1. The van der Waals surface area contributed by atoms with Crippen LogP contribution in [-0.4, -0.2) is 18.9 Å². The molecule has 0 fully saturated rings. The van der Waals surface area contributed by atoms with Gasteiger partial charge in [-0.25, -0.2) is 0 Å². The van der Waals surface area contributed by atoms with Gasteiger partial charge in [0.25, 0.3) is 5.91 Å². The summed E-state index contributed by atoms with van der Waals surface area (Å²) in [6.07, 6.45) is 3.21. The van der Waals surface area contributed by atoms with Crippen LogP contribution in [0.15, 0.2) is 54.6 Å². The second-order valence-electron chi connectivity index (χ2n) is 5.24. The lowest BCUT2D eigenvalue weighted by Crippen LogP contribution is -2.20. The van der Waals surface area contributed by atoms with Gasteiger partial charge in [-0.3, -0.25) is 9.59 Å². The van der Waals surface area contributed by atoms with Crippen molar-refractivity contribution in [2.75, 3.05) is 7.05 Å². The Labute approximate surface area is 136 Å². The van der Waals surface area contributed by atoms with E-state index in [-0.39, 0.29) is 11.8 Å². The molecule has 2 aromatic rings. The highest BCUT2D eigenvalue weighted by Gasteiger charge is 2.01. The number of nitrogens with one attached hydrogen (secondary N) is 2. The Morgan fingerprint density at radius 1 is 1.09 bits per heavy atom. The Morgan fingerprint density at radius 2 is 1.83 bits per heavy atom. The molecule has 0 saturated carbocycles.